The van der Waals surface area contributed by atoms with Crippen LogP contribution in [-0.4, -0.2) is 11.2 Å². The van der Waals surface area contributed by atoms with Gasteiger partial charge in [0.15, 0.2) is 0 Å². The fourth-order valence-corrected chi connectivity index (χ4v) is 1.53. The van der Waals surface area contributed by atoms with Gasteiger partial charge in [0, 0.05) is 0 Å². The molecule has 3 atom stereocenters. The van der Waals surface area contributed by atoms with E-state index in [1.54, 1.807) is 0 Å². The highest BCUT2D eigenvalue weighted by molar-refractivity contribution is 4.77. The van der Waals surface area contributed by atoms with E-state index in [0.29, 0.717) is 5.92 Å². The maximum atomic E-state index is 9.17. The van der Waals surface area contributed by atoms with E-state index in [1.807, 2.05) is 0 Å². The number of aliphatic hydroxyl groups is 1. The van der Waals surface area contributed by atoms with Gasteiger partial charge in [-0.15, -0.1) is 0 Å². The van der Waals surface area contributed by atoms with Gasteiger partial charge in [0.2, 0.25) is 0 Å². The van der Waals surface area contributed by atoms with Crippen LogP contribution in [0, 0.1) is 11.8 Å². The summed E-state index contributed by atoms with van der Waals surface area (Å²) in [6.45, 7) is 4.32. The number of rotatable bonds is 0. The average molecular weight is 114 g/mol. The zero-order valence-electron chi connectivity index (χ0n) is 5.59. The Bertz CT molecular complexity index is 70.5. The maximum absolute atomic E-state index is 9.17. The lowest BCUT2D eigenvalue weighted by Crippen LogP contribution is -2.07. The van der Waals surface area contributed by atoms with Gasteiger partial charge in [-0.1, -0.05) is 13.8 Å². The topological polar surface area (TPSA) is 20.2 Å². The third-order valence-electron chi connectivity index (χ3n) is 2.07. The van der Waals surface area contributed by atoms with Crippen LogP contribution in [0.25, 0.3) is 0 Å². The molecule has 0 spiro atoms. The van der Waals surface area contributed by atoms with Crippen LogP contribution in [0.1, 0.15) is 26.7 Å². The molecule has 0 radical (unpaired) electrons. The Morgan fingerprint density at radius 2 is 1.88 bits per heavy atom. The first-order chi connectivity index (χ1) is 3.70. The molecule has 0 amide bonds. The normalized spacial score (nSPS) is 47.6. The van der Waals surface area contributed by atoms with Crippen molar-refractivity contribution in [3.63, 3.8) is 0 Å². The van der Waals surface area contributed by atoms with Gasteiger partial charge in [0.05, 0.1) is 6.10 Å². The van der Waals surface area contributed by atoms with Crippen LogP contribution in [-0.2, 0) is 0 Å². The van der Waals surface area contributed by atoms with E-state index in [1.165, 1.54) is 6.42 Å². The molecule has 48 valence electrons. The molecule has 1 heteroatoms. The van der Waals surface area contributed by atoms with Crippen LogP contribution in [0.2, 0.25) is 0 Å². The van der Waals surface area contributed by atoms with Crippen molar-refractivity contribution in [1.29, 1.82) is 0 Å². The van der Waals surface area contributed by atoms with Gasteiger partial charge in [-0.25, -0.2) is 0 Å². The van der Waals surface area contributed by atoms with E-state index in [0.717, 1.165) is 12.3 Å². The van der Waals surface area contributed by atoms with Crippen LogP contribution in [0.3, 0.4) is 0 Å². The lowest BCUT2D eigenvalue weighted by atomic mass is 10.1. The van der Waals surface area contributed by atoms with Crippen LogP contribution in [0.4, 0.5) is 0 Å². The van der Waals surface area contributed by atoms with Gasteiger partial charge in [-0.3, -0.25) is 0 Å². The van der Waals surface area contributed by atoms with Crippen molar-refractivity contribution in [2.45, 2.75) is 32.8 Å². The maximum Gasteiger partial charge on any atom is 0.0568 e. The van der Waals surface area contributed by atoms with Crippen LogP contribution in [0.15, 0.2) is 0 Å². The van der Waals surface area contributed by atoms with Gasteiger partial charge in [-0.05, 0) is 24.7 Å². The quantitative estimate of drug-likeness (QED) is 0.505. The predicted molar refractivity (Wildman–Crippen MR) is 33.6 cm³/mol. The molecule has 0 saturated heterocycles. The molecule has 1 fully saturated rings. The minimum Gasteiger partial charge on any atom is -0.393 e. The van der Waals surface area contributed by atoms with Gasteiger partial charge in [-0.2, -0.15) is 0 Å². The Morgan fingerprint density at radius 3 is 2.00 bits per heavy atom. The minimum absolute atomic E-state index is 0.00926. The van der Waals surface area contributed by atoms with Gasteiger partial charge < -0.3 is 5.11 Å². The fraction of sp³-hybridized carbons (Fsp3) is 1.00. The largest absolute Gasteiger partial charge is 0.393 e. The Kier molecular flexibility index (Phi) is 1.57. The molecule has 1 rings (SSSR count). The molecule has 0 aliphatic heterocycles. The molecule has 1 nitrogen and oxygen atoms in total. The van der Waals surface area contributed by atoms with E-state index >= 15 is 0 Å². The highest BCUT2D eigenvalue weighted by Crippen LogP contribution is 2.29. The summed E-state index contributed by atoms with van der Waals surface area (Å²) in [4.78, 5) is 0. The molecule has 0 aromatic carbocycles. The number of hydrogen-bond donors (Lipinski definition) is 1. The lowest BCUT2D eigenvalue weighted by Gasteiger charge is -2.04. The molecule has 8 heavy (non-hydrogen) atoms. The van der Waals surface area contributed by atoms with Crippen molar-refractivity contribution in [2.24, 2.45) is 11.8 Å². The zero-order chi connectivity index (χ0) is 6.15. The van der Waals surface area contributed by atoms with Crippen LogP contribution < -0.4 is 0 Å². The summed E-state index contributed by atoms with van der Waals surface area (Å²) in [7, 11) is 0. The molecule has 3 unspecified atom stereocenters. The molecule has 0 aromatic rings. The first-order valence-corrected chi connectivity index (χ1v) is 3.38. The second-order valence-electron chi connectivity index (χ2n) is 3.12. The average Bonchev–Trinajstić information content (AvgIpc) is 1.85. The molecule has 0 bridgehead atoms. The van der Waals surface area contributed by atoms with E-state index in [-0.39, 0.29) is 6.10 Å². The van der Waals surface area contributed by atoms with Crippen molar-refractivity contribution in [2.75, 3.05) is 0 Å². The number of aliphatic hydroxyl groups excluding tert-OH is 1. The first-order valence-electron chi connectivity index (χ1n) is 3.38. The Morgan fingerprint density at radius 1 is 1.25 bits per heavy atom. The van der Waals surface area contributed by atoms with Gasteiger partial charge in [0.25, 0.3) is 0 Å². The van der Waals surface area contributed by atoms with Gasteiger partial charge >= 0.3 is 0 Å². The van der Waals surface area contributed by atoms with Crippen molar-refractivity contribution in [3.8, 4) is 0 Å². The molecule has 1 N–H and O–H groups in total. The highest BCUT2D eigenvalue weighted by Gasteiger charge is 2.25. The monoisotopic (exact) mass is 114 g/mol. The van der Waals surface area contributed by atoms with E-state index in [9.17, 15) is 0 Å². The minimum atomic E-state index is -0.00926. The molecule has 1 aliphatic rings. The van der Waals surface area contributed by atoms with Crippen molar-refractivity contribution in [3.05, 3.63) is 0 Å². The molecular formula is C7H14O. The Hall–Kier alpha value is -0.0400. The second-order valence-corrected chi connectivity index (χ2v) is 3.12. The zero-order valence-corrected chi connectivity index (χ0v) is 5.59. The van der Waals surface area contributed by atoms with E-state index < -0.39 is 0 Å². The molecule has 1 aliphatic carbocycles. The van der Waals surface area contributed by atoms with Crippen LogP contribution in [0.5, 0.6) is 0 Å². The summed E-state index contributed by atoms with van der Waals surface area (Å²) in [5.41, 5.74) is 0. The summed E-state index contributed by atoms with van der Waals surface area (Å²) in [5.74, 6) is 1.30. The lowest BCUT2D eigenvalue weighted by molar-refractivity contribution is 0.140. The van der Waals surface area contributed by atoms with E-state index in [2.05, 4.69) is 13.8 Å². The van der Waals surface area contributed by atoms with Crippen LogP contribution >= 0.6 is 0 Å². The third-order valence-corrected chi connectivity index (χ3v) is 2.07. The fourth-order valence-electron chi connectivity index (χ4n) is 1.53. The number of hydrogen-bond acceptors (Lipinski definition) is 1. The summed E-state index contributed by atoms with van der Waals surface area (Å²) in [6, 6.07) is 0. The van der Waals surface area contributed by atoms with Gasteiger partial charge in [0.1, 0.15) is 0 Å². The molecule has 0 aromatic heterocycles. The molecular weight excluding hydrogens is 100 g/mol. The Balaban J connectivity index is 2.39. The van der Waals surface area contributed by atoms with Crippen molar-refractivity contribution < 1.29 is 5.11 Å². The predicted octanol–water partition coefficient (Wildman–Crippen LogP) is 1.41. The summed E-state index contributed by atoms with van der Waals surface area (Å²) in [6.07, 6.45) is 2.22. The summed E-state index contributed by atoms with van der Waals surface area (Å²) < 4.78 is 0. The van der Waals surface area contributed by atoms with E-state index in [4.69, 9.17) is 5.11 Å². The SMILES string of the molecule is CC1CC(C)C(O)C1. The smallest absolute Gasteiger partial charge is 0.0568 e. The summed E-state index contributed by atoms with van der Waals surface area (Å²) >= 11 is 0. The first kappa shape index (κ1) is 6.09. The molecule has 0 heterocycles. The van der Waals surface area contributed by atoms with Crippen molar-refractivity contribution >= 4 is 0 Å². The third kappa shape index (κ3) is 1.03. The Labute approximate surface area is 50.7 Å². The highest BCUT2D eigenvalue weighted by atomic mass is 16.3. The summed E-state index contributed by atoms with van der Waals surface area (Å²) in [5, 5.41) is 9.17. The second kappa shape index (κ2) is 2.06. The van der Waals surface area contributed by atoms with Crippen molar-refractivity contribution in [1.82, 2.24) is 0 Å². The standard InChI is InChI=1S/C7H14O/c1-5-3-6(2)7(8)4-5/h5-8H,3-4H2,1-2H3. The molecule has 1 saturated carbocycles.